The molecule has 4 nitrogen and oxygen atoms in total. The number of hydrogen-bond donors (Lipinski definition) is 2. The standard InChI is InChI=1S/C13H21N3OS/c1-9-8-10(2)16-13(11(9)12(14)18)15-6-4-5-7-17-3/h8H,4-7H2,1-3H3,(H2,14,18)(H,15,16). The summed E-state index contributed by atoms with van der Waals surface area (Å²) in [7, 11) is 1.71. The van der Waals surface area contributed by atoms with Gasteiger partial charge in [0.05, 0.1) is 5.56 Å². The second kappa shape index (κ2) is 7.28. The molecule has 5 heteroatoms. The van der Waals surface area contributed by atoms with Crippen LogP contribution in [-0.4, -0.2) is 30.2 Å². The summed E-state index contributed by atoms with van der Waals surface area (Å²) in [5, 5.41) is 3.30. The number of methoxy groups -OCH3 is 1. The van der Waals surface area contributed by atoms with Crippen molar-refractivity contribution in [3.63, 3.8) is 0 Å². The summed E-state index contributed by atoms with van der Waals surface area (Å²) in [6, 6.07) is 1.99. The van der Waals surface area contributed by atoms with Crippen LogP contribution in [0.3, 0.4) is 0 Å². The molecule has 0 atom stereocenters. The molecule has 1 heterocycles. The molecule has 1 aromatic heterocycles. The fourth-order valence-electron chi connectivity index (χ4n) is 1.85. The average Bonchev–Trinajstić information content (AvgIpc) is 2.27. The molecule has 1 aromatic rings. The van der Waals surface area contributed by atoms with Crippen LogP contribution in [0.2, 0.25) is 0 Å². The number of nitrogens with one attached hydrogen (secondary N) is 1. The van der Waals surface area contributed by atoms with Crippen molar-refractivity contribution in [1.29, 1.82) is 0 Å². The first-order valence-corrected chi connectivity index (χ1v) is 6.48. The van der Waals surface area contributed by atoms with Gasteiger partial charge in [-0.2, -0.15) is 0 Å². The van der Waals surface area contributed by atoms with E-state index in [0.29, 0.717) is 4.99 Å². The molecule has 0 aliphatic heterocycles. The Morgan fingerprint density at radius 3 is 2.78 bits per heavy atom. The number of aromatic nitrogens is 1. The quantitative estimate of drug-likeness (QED) is 0.585. The van der Waals surface area contributed by atoms with Crippen LogP contribution in [0.25, 0.3) is 0 Å². The number of rotatable bonds is 7. The molecule has 0 spiro atoms. The van der Waals surface area contributed by atoms with Gasteiger partial charge in [0.25, 0.3) is 0 Å². The Kier molecular flexibility index (Phi) is 6.01. The molecular weight excluding hydrogens is 246 g/mol. The van der Waals surface area contributed by atoms with E-state index in [9.17, 15) is 0 Å². The Bertz CT molecular complexity index is 421. The Balaban J connectivity index is 2.71. The minimum atomic E-state index is 0.388. The summed E-state index contributed by atoms with van der Waals surface area (Å²) < 4.78 is 5.01. The summed E-state index contributed by atoms with van der Waals surface area (Å²) in [6.45, 7) is 5.59. The fourth-order valence-corrected chi connectivity index (χ4v) is 2.11. The lowest BCUT2D eigenvalue weighted by Gasteiger charge is -2.13. The lowest BCUT2D eigenvalue weighted by Crippen LogP contribution is -2.17. The van der Waals surface area contributed by atoms with Crippen LogP contribution in [0, 0.1) is 13.8 Å². The van der Waals surface area contributed by atoms with Crippen molar-refractivity contribution in [2.45, 2.75) is 26.7 Å². The number of ether oxygens (including phenoxy) is 1. The van der Waals surface area contributed by atoms with E-state index in [1.54, 1.807) is 7.11 Å². The van der Waals surface area contributed by atoms with Crippen molar-refractivity contribution in [1.82, 2.24) is 4.98 Å². The summed E-state index contributed by atoms with van der Waals surface area (Å²) in [5.74, 6) is 0.789. The van der Waals surface area contributed by atoms with Crippen molar-refractivity contribution in [3.8, 4) is 0 Å². The highest BCUT2D eigenvalue weighted by molar-refractivity contribution is 7.80. The minimum Gasteiger partial charge on any atom is -0.389 e. The van der Waals surface area contributed by atoms with Crippen LogP contribution in [-0.2, 0) is 4.74 Å². The lowest BCUT2D eigenvalue weighted by molar-refractivity contribution is 0.194. The van der Waals surface area contributed by atoms with Gasteiger partial charge in [0.15, 0.2) is 0 Å². The third-order valence-corrected chi connectivity index (χ3v) is 2.86. The first kappa shape index (κ1) is 14.9. The number of aryl methyl sites for hydroxylation is 2. The molecule has 0 unspecified atom stereocenters. The van der Waals surface area contributed by atoms with Gasteiger partial charge >= 0.3 is 0 Å². The maximum absolute atomic E-state index is 5.75. The smallest absolute Gasteiger partial charge is 0.136 e. The predicted molar refractivity (Wildman–Crippen MR) is 79.2 cm³/mol. The van der Waals surface area contributed by atoms with E-state index in [2.05, 4.69) is 10.3 Å². The molecule has 0 bridgehead atoms. The third-order valence-electron chi connectivity index (χ3n) is 2.66. The van der Waals surface area contributed by atoms with Crippen LogP contribution < -0.4 is 11.1 Å². The van der Waals surface area contributed by atoms with Gasteiger partial charge in [-0.3, -0.25) is 0 Å². The predicted octanol–water partition coefficient (Wildman–Crippen LogP) is 2.17. The normalized spacial score (nSPS) is 10.4. The van der Waals surface area contributed by atoms with Gasteiger partial charge in [-0.1, -0.05) is 12.2 Å². The molecule has 0 radical (unpaired) electrons. The number of hydrogen-bond acceptors (Lipinski definition) is 4. The summed E-state index contributed by atoms with van der Waals surface area (Å²) in [6.07, 6.45) is 2.05. The Morgan fingerprint density at radius 1 is 1.44 bits per heavy atom. The van der Waals surface area contributed by atoms with Crippen LogP contribution in [0.4, 0.5) is 5.82 Å². The molecule has 0 amide bonds. The highest BCUT2D eigenvalue weighted by Crippen LogP contribution is 2.18. The zero-order valence-corrected chi connectivity index (χ0v) is 12.1. The second-order valence-corrected chi connectivity index (χ2v) is 4.73. The zero-order valence-electron chi connectivity index (χ0n) is 11.2. The van der Waals surface area contributed by atoms with Crippen molar-refractivity contribution in [2.24, 2.45) is 5.73 Å². The first-order chi connectivity index (χ1) is 8.56. The number of thiocarbonyl (C=S) groups is 1. The minimum absolute atomic E-state index is 0.388. The molecule has 0 saturated heterocycles. The van der Waals surface area contributed by atoms with Crippen molar-refractivity contribution in [3.05, 3.63) is 22.9 Å². The molecule has 1 rings (SSSR count). The molecule has 0 aliphatic carbocycles. The molecule has 100 valence electrons. The number of pyridine rings is 1. The molecule has 0 fully saturated rings. The Morgan fingerprint density at radius 2 is 2.17 bits per heavy atom. The highest BCUT2D eigenvalue weighted by Gasteiger charge is 2.10. The highest BCUT2D eigenvalue weighted by atomic mass is 32.1. The first-order valence-electron chi connectivity index (χ1n) is 6.07. The fraction of sp³-hybridized carbons (Fsp3) is 0.538. The van der Waals surface area contributed by atoms with Crippen molar-refractivity contribution < 1.29 is 4.74 Å². The molecule has 3 N–H and O–H groups in total. The van der Waals surface area contributed by atoms with Gasteiger partial charge < -0.3 is 15.8 Å². The van der Waals surface area contributed by atoms with Gasteiger partial charge in [0.1, 0.15) is 10.8 Å². The largest absolute Gasteiger partial charge is 0.389 e. The second-order valence-electron chi connectivity index (χ2n) is 4.30. The number of anilines is 1. The van der Waals surface area contributed by atoms with Crippen LogP contribution in [0.5, 0.6) is 0 Å². The number of nitrogens with zero attached hydrogens (tertiary/aromatic N) is 1. The molecule has 18 heavy (non-hydrogen) atoms. The van der Waals surface area contributed by atoms with Crippen LogP contribution >= 0.6 is 12.2 Å². The van der Waals surface area contributed by atoms with Gasteiger partial charge in [-0.25, -0.2) is 4.98 Å². The van der Waals surface area contributed by atoms with Gasteiger partial charge in [-0.15, -0.1) is 0 Å². The van der Waals surface area contributed by atoms with E-state index >= 15 is 0 Å². The van der Waals surface area contributed by atoms with E-state index in [4.69, 9.17) is 22.7 Å². The summed E-state index contributed by atoms with van der Waals surface area (Å²) in [4.78, 5) is 4.85. The third kappa shape index (κ3) is 4.23. The number of unbranched alkanes of at least 4 members (excludes halogenated alkanes) is 1. The lowest BCUT2D eigenvalue weighted by atomic mass is 10.1. The SMILES string of the molecule is COCCCCNc1nc(C)cc(C)c1C(N)=S. The van der Waals surface area contributed by atoms with Crippen LogP contribution in [0.1, 0.15) is 29.7 Å². The monoisotopic (exact) mass is 267 g/mol. The summed E-state index contributed by atoms with van der Waals surface area (Å²) in [5.41, 5.74) is 8.63. The Hall–Kier alpha value is -1.20. The Labute approximate surface area is 114 Å². The topological polar surface area (TPSA) is 60.2 Å². The van der Waals surface area contributed by atoms with Crippen LogP contribution in [0.15, 0.2) is 6.07 Å². The maximum atomic E-state index is 5.75. The van der Waals surface area contributed by atoms with E-state index in [0.717, 1.165) is 48.6 Å². The molecule has 0 aromatic carbocycles. The van der Waals surface area contributed by atoms with E-state index in [-0.39, 0.29) is 0 Å². The maximum Gasteiger partial charge on any atom is 0.136 e. The van der Waals surface area contributed by atoms with E-state index < -0.39 is 0 Å². The number of nitrogens with two attached hydrogens (primary N) is 1. The van der Waals surface area contributed by atoms with Crippen molar-refractivity contribution in [2.75, 3.05) is 25.6 Å². The van der Waals surface area contributed by atoms with Crippen molar-refractivity contribution >= 4 is 23.0 Å². The molecule has 0 aliphatic rings. The van der Waals surface area contributed by atoms with Gasteiger partial charge in [0.2, 0.25) is 0 Å². The molecule has 0 saturated carbocycles. The zero-order chi connectivity index (χ0) is 13.5. The van der Waals surface area contributed by atoms with E-state index in [1.165, 1.54) is 0 Å². The van der Waals surface area contributed by atoms with E-state index in [1.807, 2.05) is 19.9 Å². The van der Waals surface area contributed by atoms with Gasteiger partial charge in [0, 0.05) is 26.0 Å². The summed E-state index contributed by atoms with van der Waals surface area (Å²) >= 11 is 5.08. The molecular formula is C13H21N3OS. The van der Waals surface area contributed by atoms with Gasteiger partial charge in [-0.05, 0) is 38.3 Å². The average molecular weight is 267 g/mol.